The first-order valence-electron chi connectivity index (χ1n) is 12.1. The van der Waals surface area contributed by atoms with Crippen LogP contribution in [0.2, 0.25) is 5.02 Å². The van der Waals surface area contributed by atoms with Crippen molar-refractivity contribution in [2.75, 3.05) is 11.4 Å². The number of benzene rings is 3. The maximum atomic E-state index is 14.1. The highest BCUT2D eigenvalue weighted by molar-refractivity contribution is 7.14. The van der Waals surface area contributed by atoms with Crippen molar-refractivity contribution in [1.29, 1.82) is 0 Å². The average Bonchev–Trinajstić information content (AvgIpc) is 3.41. The molecule has 3 aromatic carbocycles. The first-order chi connectivity index (χ1) is 19.7. The number of nitrogens with zero attached hydrogens (tertiary/aromatic N) is 2. The molecule has 6 nitrogen and oxygen atoms in total. The van der Waals surface area contributed by atoms with Crippen molar-refractivity contribution < 1.29 is 41.0 Å². The number of amides is 1. The molecule has 4 aromatic rings. The number of nitrogens with one attached hydrogen (secondary N) is 1. The van der Waals surface area contributed by atoms with E-state index in [1.165, 1.54) is 24.3 Å². The molecule has 0 fully saturated rings. The number of halogens is 7. The molecule has 0 aliphatic carbocycles. The summed E-state index contributed by atoms with van der Waals surface area (Å²) in [6.45, 7) is -0.339. The number of aromatic nitrogens is 1. The van der Waals surface area contributed by atoms with Gasteiger partial charge in [0.2, 0.25) is 0 Å². The van der Waals surface area contributed by atoms with Crippen LogP contribution in [-0.2, 0) is 23.7 Å². The Morgan fingerprint density at radius 3 is 2.29 bits per heavy atom. The molecule has 1 heterocycles. The number of anilines is 2. The predicted molar refractivity (Wildman–Crippen MR) is 146 cm³/mol. The molecule has 0 aliphatic rings. The minimum atomic E-state index is -5.13. The minimum Gasteiger partial charge on any atom is -0.481 e. The second kappa shape index (κ2) is 12.4. The summed E-state index contributed by atoms with van der Waals surface area (Å²) in [5.74, 6) is -1.64. The molecule has 1 aromatic heterocycles. The minimum absolute atomic E-state index is 0.0678. The Hall–Kier alpha value is -4.10. The van der Waals surface area contributed by atoms with Crippen LogP contribution in [0.4, 0.5) is 37.2 Å². The third-order valence-corrected chi connectivity index (χ3v) is 7.04. The standard InChI is InChI=1S/C28H20ClF6N3O3S/c29-20-3-1-2-18(12-20)22-15-42-26(37-22)38(23-9-8-19(27(30,31)32)13-21(23)28(33,34)35)14-16-4-6-17(7-5-16)25(41)36-11-10-24(39)40/h1-9,12-13,15H,10-11,14H2,(H,36,41)(H,39,40). The molecule has 2 N–H and O–H groups in total. The summed E-state index contributed by atoms with van der Waals surface area (Å²) in [6, 6.07) is 13.8. The smallest absolute Gasteiger partial charge is 0.418 e. The molecule has 0 saturated carbocycles. The van der Waals surface area contributed by atoms with E-state index in [9.17, 15) is 35.9 Å². The Kier molecular flexibility index (Phi) is 9.12. The van der Waals surface area contributed by atoms with E-state index >= 15 is 0 Å². The van der Waals surface area contributed by atoms with E-state index in [4.69, 9.17) is 16.7 Å². The van der Waals surface area contributed by atoms with E-state index in [0.29, 0.717) is 27.9 Å². The monoisotopic (exact) mass is 627 g/mol. The summed E-state index contributed by atoms with van der Waals surface area (Å²) >= 11 is 7.05. The molecule has 1 amide bonds. The molecule has 4 rings (SSSR count). The van der Waals surface area contributed by atoms with Crippen molar-refractivity contribution in [2.45, 2.75) is 25.3 Å². The molecule has 0 aliphatic heterocycles. The number of thiazole rings is 1. The van der Waals surface area contributed by atoms with Crippen LogP contribution in [0.25, 0.3) is 11.3 Å². The molecule has 0 radical (unpaired) electrons. The molecule has 14 heteroatoms. The van der Waals surface area contributed by atoms with Gasteiger partial charge in [0.15, 0.2) is 5.13 Å². The molecular weight excluding hydrogens is 608 g/mol. The van der Waals surface area contributed by atoms with Gasteiger partial charge in [-0.25, -0.2) is 4.98 Å². The van der Waals surface area contributed by atoms with Crippen molar-refractivity contribution in [3.63, 3.8) is 0 Å². The lowest BCUT2D eigenvalue weighted by Crippen LogP contribution is -2.26. The summed E-state index contributed by atoms with van der Waals surface area (Å²) in [7, 11) is 0. The molecule has 0 spiro atoms. The van der Waals surface area contributed by atoms with Gasteiger partial charge in [-0.15, -0.1) is 11.3 Å². The highest BCUT2D eigenvalue weighted by atomic mass is 35.5. The van der Waals surface area contributed by atoms with E-state index in [-0.39, 0.29) is 36.3 Å². The van der Waals surface area contributed by atoms with Gasteiger partial charge in [-0.05, 0) is 48.0 Å². The third kappa shape index (κ3) is 7.59. The normalized spacial score (nSPS) is 11.8. The summed E-state index contributed by atoms with van der Waals surface area (Å²) in [5, 5.41) is 13.2. The first-order valence-corrected chi connectivity index (χ1v) is 13.3. The van der Waals surface area contributed by atoms with Crippen molar-refractivity contribution in [3.8, 4) is 11.3 Å². The van der Waals surface area contributed by atoms with Crippen molar-refractivity contribution in [2.24, 2.45) is 0 Å². The van der Waals surface area contributed by atoms with E-state index in [1.54, 1.807) is 29.6 Å². The molecule has 42 heavy (non-hydrogen) atoms. The van der Waals surface area contributed by atoms with Crippen LogP contribution in [0.15, 0.2) is 72.1 Å². The van der Waals surface area contributed by atoms with E-state index < -0.39 is 41.0 Å². The van der Waals surface area contributed by atoms with Gasteiger partial charge in [0.25, 0.3) is 5.91 Å². The Labute approximate surface area is 244 Å². The molecule has 0 bridgehead atoms. The van der Waals surface area contributed by atoms with Gasteiger partial charge in [0.1, 0.15) is 0 Å². The van der Waals surface area contributed by atoms with Crippen LogP contribution >= 0.6 is 22.9 Å². The van der Waals surface area contributed by atoms with Gasteiger partial charge in [-0.3, -0.25) is 9.59 Å². The van der Waals surface area contributed by atoms with Crippen LogP contribution in [0.3, 0.4) is 0 Å². The predicted octanol–water partition coefficient (Wildman–Crippen LogP) is 8.04. The third-order valence-electron chi connectivity index (χ3n) is 5.94. The van der Waals surface area contributed by atoms with Gasteiger partial charge in [0.05, 0.1) is 35.5 Å². The Morgan fingerprint density at radius 2 is 1.67 bits per heavy atom. The highest BCUT2D eigenvalue weighted by Crippen LogP contribution is 2.44. The van der Waals surface area contributed by atoms with Crippen LogP contribution in [0.5, 0.6) is 0 Å². The number of hydrogen-bond acceptors (Lipinski definition) is 5. The maximum absolute atomic E-state index is 14.1. The highest BCUT2D eigenvalue weighted by Gasteiger charge is 2.40. The van der Waals surface area contributed by atoms with Gasteiger partial charge >= 0.3 is 18.3 Å². The average molecular weight is 628 g/mol. The fourth-order valence-corrected chi connectivity index (χ4v) is 4.97. The number of carbonyl (C=O) groups is 2. The van der Waals surface area contributed by atoms with Crippen molar-refractivity contribution in [1.82, 2.24) is 10.3 Å². The molecule has 0 saturated heterocycles. The fourth-order valence-electron chi connectivity index (χ4n) is 3.93. The van der Waals surface area contributed by atoms with E-state index in [2.05, 4.69) is 10.3 Å². The number of carbonyl (C=O) groups excluding carboxylic acids is 1. The van der Waals surface area contributed by atoms with E-state index in [1.807, 2.05) is 0 Å². The number of aliphatic carboxylic acids is 1. The Morgan fingerprint density at radius 1 is 0.952 bits per heavy atom. The SMILES string of the molecule is O=C(O)CCNC(=O)c1ccc(CN(c2nc(-c3cccc(Cl)c3)cs2)c2ccc(C(F)(F)F)cc2C(F)(F)F)cc1. The summed E-state index contributed by atoms with van der Waals surface area (Å²) in [4.78, 5) is 28.6. The maximum Gasteiger partial charge on any atom is 0.418 e. The second-order valence-electron chi connectivity index (χ2n) is 8.94. The lowest BCUT2D eigenvalue weighted by Gasteiger charge is -2.26. The Balaban J connectivity index is 1.74. The number of rotatable bonds is 9. The summed E-state index contributed by atoms with van der Waals surface area (Å²) in [5.41, 5.74) is -1.90. The molecule has 0 unspecified atom stereocenters. The molecule has 220 valence electrons. The largest absolute Gasteiger partial charge is 0.481 e. The number of carboxylic acids is 1. The van der Waals surface area contributed by atoms with Crippen molar-refractivity contribution >= 4 is 45.6 Å². The fraction of sp³-hybridized carbons (Fsp3) is 0.179. The number of hydrogen-bond donors (Lipinski definition) is 2. The van der Waals surface area contributed by atoms with Crippen LogP contribution in [0.1, 0.15) is 33.5 Å². The lowest BCUT2D eigenvalue weighted by atomic mass is 10.1. The second-order valence-corrected chi connectivity index (χ2v) is 10.2. The van der Waals surface area contributed by atoms with Gasteiger partial charge in [-0.1, -0.05) is 35.9 Å². The quantitative estimate of drug-likeness (QED) is 0.184. The first kappa shape index (κ1) is 30.8. The summed E-state index contributed by atoms with van der Waals surface area (Å²) < 4.78 is 82.4. The van der Waals surface area contributed by atoms with Gasteiger partial charge in [0, 0.05) is 28.1 Å². The number of alkyl halides is 6. The Bertz CT molecular complexity index is 1590. The van der Waals surface area contributed by atoms with Crippen LogP contribution in [-0.4, -0.2) is 28.5 Å². The van der Waals surface area contributed by atoms with Crippen LogP contribution in [0, 0.1) is 0 Å². The molecular formula is C28H20ClF6N3O3S. The topological polar surface area (TPSA) is 82.5 Å². The number of carboxylic acid groups (broad SMARTS) is 1. The van der Waals surface area contributed by atoms with Crippen LogP contribution < -0.4 is 10.2 Å². The van der Waals surface area contributed by atoms with Gasteiger partial charge < -0.3 is 15.3 Å². The van der Waals surface area contributed by atoms with Gasteiger partial charge in [-0.2, -0.15) is 26.3 Å². The zero-order valence-corrected chi connectivity index (χ0v) is 22.8. The van der Waals surface area contributed by atoms with E-state index in [0.717, 1.165) is 22.3 Å². The molecule has 0 atom stereocenters. The zero-order valence-electron chi connectivity index (χ0n) is 21.3. The lowest BCUT2D eigenvalue weighted by molar-refractivity contribution is -0.143. The summed E-state index contributed by atoms with van der Waals surface area (Å²) in [6.07, 6.45) is -10.4. The van der Waals surface area contributed by atoms with Crippen molar-refractivity contribution in [3.05, 3.63) is 99.4 Å². The zero-order chi connectivity index (χ0) is 30.7.